The molecule has 1 aromatic carbocycles. The predicted octanol–water partition coefficient (Wildman–Crippen LogP) is 3.05. The van der Waals surface area contributed by atoms with Crippen molar-refractivity contribution in [1.82, 2.24) is 15.2 Å². The fourth-order valence-electron chi connectivity index (χ4n) is 2.13. The Morgan fingerprint density at radius 2 is 2.27 bits per heavy atom. The Hall–Kier alpha value is -1.95. The van der Waals surface area contributed by atoms with Gasteiger partial charge in [-0.15, -0.1) is 11.3 Å². The predicted molar refractivity (Wildman–Crippen MR) is 89.6 cm³/mol. The van der Waals surface area contributed by atoms with Gasteiger partial charge in [0.15, 0.2) is 5.96 Å². The summed E-state index contributed by atoms with van der Waals surface area (Å²) in [7, 11) is 3.67. The van der Waals surface area contributed by atoms with Crippen molar-refractivity contribution in [3.8, 4) is 0 Å². The molecule has 4 nitrogen and oxygen atoms in total. The van der Waals surface area contributed by atoms with Crippen molar-refractivity contribution in [1.29, 1.82) is 0 Å². The highest BCUT2D eigenvalue weighted by Gasteiger charge is 2.08. The monoisotopic (exact) mass is 320 g/mol. The summed E-state index contributed by atoms with van der Waals surface area (Å²) in [5.74, 6) is 0.540. The molecule has 0 aliphatic heterocycles. The molecule has 0 radical (unpaired) electrons. The van der Waals surface area contributed by atoms with Crippen molar-refractivity contribution >= 4 is 17.3 Å². The van der Waals surface area contributed by atoms with E-state index >= 15 is 0 Å². The highest BCUT2D eigenvalue weighted by atomic mass is 32.1. The van der Waals surface area contributed by atoms with Crippen molar-refractivity contribution in [2.24, 2.45) is 4.99 Å². The summed E-state index contributed by atoms with van der Waals surface area (Å²) in [6.45, 7) is 3.33. The summed E-state index contributed by atoms with van der Waals surface area (Å²) in [5.41, 5.74) is 1.93. The first-order valence-electron chi connectivity index (χ1n) is 7.22. The highest BCUT2D eigenvalue weighted by molar-refractivity contribution is 7.09. The molecule has 2 aromatic rings. The summed E-state index contributed by atoms with van der Waals surface area (Å²) in [5, 5.41) is 6.48. The molecule has 0 amide bonds. The summed E-state index contributed by atoms with van der Waals surface area (Å²) in [6, 6.07) is 6.61. The van der Waals surface area contributed by atoms with Crippen LogP contribution in [0.4, 0.5) is 4.39 Å². The van der Waals surface area contributed by atoms with Gasteiger partial charge in [-0.1, -0.05) is 19.1 Å². The third-order valence-corrected chi connectivity index (χ3v) is 4.25. The number of nitrogens with one attached hydrogen (secondary N) is 1. The second-order valence-corrected chi connectivity index (χ2v) is 5.92. The minimum atomic E-state index is -0.219. The lowest BCUT2D eigenvalue weighted by Gasteiger charge is -2.22. The second-order valence-electron chi connectivity index (χ2n) is 4.97. The lowest BCUT2D eigenvalue weighted by Crippen LogP contribution is -2.38. The summed E-state index contributed by atoms with van der Waals surface area (Å²) in [4.78, 5) is 10.7. The van der Waals surface area contributed by atoms with Gasteiger partial charge in [0.05, 0.1) is 17.2 Å². The van der Waals surface area contributed by atoms with E-state index in [1.807, 2.05) is 18.0 Å². The second kappa shape index (κ2) is 7.89. The van der Waals surface area contributed by atoms with Crippen molar-refractivity contribution in [3.05, 3.63) is 51.7 Å². The molecule has 0 saturated heterocycles. The van der Waals surface area contributed by atoms with E-state index in [0.29, 0.717) is 13.1 Å². The molecule has 0 fully saturated rings. The van der Waals surface area contributed by atoms with E-state index in [-0.39, 0.29) is 5.82 Å². The number of aryl methyl sites for hydroxylation is 1. The van der Waals surface area contributed by atoms with Crippen LogP contribution in [0.1, 0.15) is 23.2 Å². The van der Waals surface area contributed by atoms with E-state index in [0.717, 1.165) is 28.6 Å². The Kier molecular flexibility index (Phi) is 5.89. The van der Waals surface area contributed by atoms with E-state index in [9.17, 15) is 4.39 Å². The molecule has 118 valence electrons. The number of halogens is 1. The van der Waals surface area contributed by atoms with Crippen molar-refractivity contribution in [2.75, 3.05) is 14.1 Å². The van der Waals surface area contributed by atoms with Crippen LogP contribution in [-0.4, -0.2) is 29.9 Å². The van der Waals surface area contributed by atoms with Gasteiger partial charge in [0.2, 0.25) is 0 Å². The van der Waals surface area contributed by atoms with Gasteiger partial charge in [0.1, 0.15) is 5.82 Å². The summed E-state index contributed by atoms with van der Waals surface area (Å²) in [6.07, 6.45) is 0.957. The molecule has 0 aliphatic rings. The van der Waals surface area contributed by atoms with Crippen LogP contribution in [0.15, 0.2) is 34.6 Å². The fourth-order valence-corrected chi connectivity index (χ4v) is 2.88. The van der Waals surface area contributed by atoms with Crippen molar-refractivity contribution in [3.63, 3.8) is 0 Å². The van der Waals surface area contributed by atoms with Gasteiger partial charge in [-0.25, -0.2) is 9.37 Å². The van der Waals surface area contributed by atoms with E-state index in [4.69, 9.17) is 0 Å². The molecule has 2 rings (SSSR count). The third kappa shape index (κ3) is 4.53. The van der Waals surface area contributed by atoms with Gasteiger partial charge < -0.3 is 10.2 Å². The van der Waals surface area contributed by atoms with Gasteiger partial charge >= 0.3 is 0 Å². The smallest absolute Gasteiger partial charge is 0.194 e. The van der Waals surface area contributed by atoms with Gasteiger partial charge in [-0.2, -0.15) is 0 Å². The molecule has 1 heterocycles. The van der Waals surface area contributed by atoms with Gasteiger partial charge in [-0.05, 0) is 24.1 Å². The molecule has 6 heteroatoms. The number of hydrogen-bond donors (Lipinski definition) is 1. The minimum absolute atomic E-state index is 0.219. The number of guanidine groups is 1. The van der Waals surface area contributed by atoms with Crippen molar-refractivity contribution in [2.45, 2.75) is 26.4 Å². The number of hydrogen-bond acceptors (Lipinski definition) is 3. The van der Waals surface area contributed by atoms with Crippen LogP contribution in [0.3, 0.4) is 0 Å². The Balaban J connectivity index is 1.93. The largest absolute Gasteiger partial charge is 0.351 e. The zero-order valence-electron chi connectivity index (χ0n) is 13.1. The summed E-state index contributed by atoms with van der Waals surface area (Å²) < 4.78 is 13.2. The molecule has 0 atom stereocenters. The lowest BCUT2D eigenvalue weighted by atomic mass is 10.2. The molecule has 0 saturated carbocycles. The van der Waals surface area contributed by atoms with E-state index in [1.54, 1.807) is 24.5 Å². The van der Waals surface area contributed by atoms with Gasteiger partial charge in [0, 0.05) is 26.0 Å². The first-order valence-corrected chi connectivity index (χ1v) is 8.09. The standard InChI is InChI=1S/C16H21FN4S/c1-4-15-20-14(11-22-15)9-19-16(18-2)21(3)10-12-6-5-7-13(17)8-12/h5-8,11H,4,9-10H2,1-3H3,(H,18,19). The molecular formula is C16H21FN4S. The number of aliphatic imine (C=N–C) groups is 1. The first kappa shape index (κ1) is 16.4. The van der Waals surface area contributed by atoms with Crippen LogP contribution in [0.25, 0.3) is 0 Å². The lowest BCUT2D eigenvalue weighted by molar-refractivity contribution is 0.474. The Bertz CT molecular complexity index is 639. The van der Waals surface area contributed by atoms with Gasteiger partial charge in [-0.3, -0.25) is 4.99 Å². The highest BCUT2D eigenvalue weighted by Crippen LogP contribution is 2.10. The topological polar surface area (TPSA) is 40.5 Å². The van der Waals surface area contributed by atoms with Crippen LogP contribution in [0.2, 0.25) is 0 Å². The summed E-state index contributed by atoms with van der Waals surface area (Å²) >= 11 is 1.68. The quantitative estimate of drug-likeness (QED) is 0.680. The number of thiazole rings is 1. The van der Waals surface area contributed by atoms with Gasteiger partial charge in [0.25, 0.3) is 0 Å². The first-order chi connectivity index (χ1) is 10.6. The zero-order valence-corrected chi connectivity index (χ0v) is 14.0. The number of nitrogens with zero attached hydrogens (tertiary/aromatic N) is 3. The number of rotatable bonds is 5. The Labute approximate surface area is 134 Å². The normalized spacial score (nSPS) is 11.5. The number of aromatic nitrogens is 1. The van der Waals surface area contributed by atoms with E-state index < -0.39 is 0 Å². The fraction of sp³-hybridized carbons (Fsp3) is 0.375. The van der Waals surface area contributed by atoms with Crippen LogP contribution < -0.4 is 5.32 Å². The molecule has 1 aromatic heterocycles. The minimum Gasteiger partial charge on any atom is -0.351 e. The van der Waals surface area contributed by atoms with Crippen LogP contribution >= 0.6 is 11.3 Å². The molecule has 0 aliphatic carbocycles. The van der Waals surface area contributed by atoms with E-state index in [2.05, 4.69) is 27.6 Å². The Morgan fingerprint density at radius 1 is 1.45 bits per heavy atom. The molecule has 0 unspecified atom stereocenters. The maximum Gasteiger partial charge on any atom is 0.194 e. The Morgan fingerprint density at radius 3 is 2.91 bits per heavy atom. The third-order valence-electron chi connectivity index (χ3n) is 3.21. The maximum absolute atomic E-state index is 13.2. The maximum atomic E-state index is 13.2. The number of benzene rings is 1. The average molecular weight is 320 g/mol. The average Bonchev–Trinajstić information content (AvgIpc) is 2.96. The molecule has 0 bridgehead atoms. The zero-order chi connectivity index (χ0) is 15.9. The SMILES string of the molecule is CCc1nc(CNC(=NC)N(C)Cc2cccc(F)c2)cs1. The molecule has 0 spiro atoms. The van der Waals surface area contributed by atoms with Crippen molar-refractivity contribution < 1.29 is 4.39 Å². The van der Waals surface area contributed by atoms with E-state index in [1.165, 1.54) is 12.1 Å². The molecule has 1 N–H and O–H groups in total. The van der Waals surface area contributed by atoms with Crippen LogP contribution in [-0.2, 0) is 19.5 Å². The van der Waals surface area contributed by atoms with Crippen LogP contribution in [0, 0.1) is 5.82 Å². The molecule has 22 heavy (non-hydrogen) atoms. The molecular weight excluding hydrogens is 299 g/mol. The van der Waals surface area contributed by atoms with Crippen LogP contribution in [0.5, 0.6) is 0 Å².